The van der Waals surface area contributed by atoms with Crippen LogP contribution in [0.2, 0.25) is 0 Å². The molecule has 3 nitrogen and oxygen atoms in total. The SMILES string of the molecule is CC=CC=CC=CCCC=CC(=O)NCC(O)(CCCC)CCCC. The summed E-state index contributed by atoms with van der Waals surface area (Å²) >= 11 is 0. The average molecular weight is 348 g/mol. The van der Waals surface area contributed by atoms with E-state index in [9.17, 15) is 9.90 Å². The van der Waals surface area contributed by atoms with Crippen LogP contribution in [0.4, 0.5) is 0 Å². The summed E-state index contributed by atoms with van der Waals surface area (Å²) in [5, 5.41) is 13.5. The molecule has 0 atom stereocenters. The van der Waals surface area contributed by atoms with Gasteiger partial charge in [-0.25, -0.2) is 0 Å². The molecule has 0 aromatic rings. The van der Waals surface area contributed by atoms with Crippen molar-refractivity contribution in [2.45, 2.75) is 77.7 Å². The second-order valence-electron chi connectivity index (χ2n) is 6.47. The molecular weight excluding hydrogens is 310 g/mol. The highest BCUT2D eigenvalue weighted by atomic mass is 16.3. The minimum atomic E-state index is -0.766. The van der Waals surface area contributed by atoms with Crippen LogP contribution >= 0.6 is 0 Å². The maximum absolute atomic E-state index is 11.9. The van der Waals surface area contributed by atoms with Crippen molar-refractivity contribution in [1.29, 1.82) is 0 Å². The number of rotatable bonds is 14. The number of carbonyl (C=O) groups excluding carboxylic acids is 1. The van der Waals surface area contributed by atoms with E-state index >= 15 is 0 Å². The quantitative estimate of drug-likeness (QED) is 0.256. The zero-order chi connectivity index (χ0) is 18.8. The molecule has 0 bridgehead atoms. The lowest BCUT2D eigenvalue weighted by molar-refractivity contribution is -0.118. The van der Waals surface area contributed by atoms with E-state index in [4.69, 9.17) is 0 Å². The van der Waals surface area contributed by atoms with Gasteiger partial charge in [-0.3, -0.25) is 4.79 Å². The molecule has 0 aliphatic rings. The van der Waals surface area contributed by atoms with Gasteiger partial charge in [-0.2, -0.15) is 0 Å². The van der Waals surface area contributed by atoms with Gasteiger partial charge in [0.1, 0.15) is 0 Å². The first kappa shape index (κ1) is 23.4. The van der Waals surface area contributed by atoms with Crippen LogP contribution in [0.15, 0.2) is 48.6 Å². The molecule has 25 heavy (non-hydrogen) atoms. The zero-order valence-electron chi connectivity index (χ0n) is 16.3. The Labute approximate surface area is 154 Å². The summed E-state index contributed by atoms with van der Waals surface area (Å²) in [7, 11) is 0. The molecule has 0 saturated carbocycles. The number of hydrogen-bond acceptors (Lipinski definition) is 2. The molecule has 0 radical (unpaired) electrons. The fourth-order valence-electron chi connectivity index (χ4n) is 2.42. The van der Waals surface area contributed by atoms with Gasteiger partial charge in [-0.05, 0) is 38.7 Å². The Morgan fingerprint density at radius 1 is 0.960 bits per heavy atom. The smallest absolute Gasteiger partial charge is 0.243 e. The van der Waals surface area contributed by atoms with Crippen molar-refractivity contribution in [3.8, 4) is 0 Å². The van der Waals surface area contributed by atoms with Crippen molar-refractivity contribution >= 4 is 5.91 Å². The summed E-state index contributed by atoms with van der Waals surface area (Å²) in [5.74, 6) is -0.122. The van der Waals surface area contributed by atoms with Crippen LogP contribution in [-0.4, -0.2) is 23.2 Å². The Balaban J connectivity index is 4.12. The average Bonchev–Trinajstić information content (AvgIpc) is 2.62. The summed E-state index contributed by atoms with van der Waals surface area (Å²) in [6.07, 6.45) is 22.8. The molecule has 0 heterocycles. The van der Waals surface area contributed by atoms with E-state index in [1.807, 2.05) is 43.4 Å². The van der Waals surface area contributed by atoms with Gasteiger partial charge < -0.3 is 10.4 Å². The number of nitrogens with one attached hydrogen (secondary N) is 1. The number of allylic oxidation sites excluding steroid dienone is 7. The number of amides is 1. The van der Waals surface area contributed by atoms with Crippen LogP contribution in [0.25, 0.3) is 0 Å². The summed E-state index contributed by atoms with van der Waals surface area (Å²) in [6, 6.07) is 0. The fraction of sp³-hybridized carbons (Fsp3) is 0.591. The highest BCUT2D eigenvalue weighted by molar-refractivity contribution is 5.87. The first-order valence-corrected chi connectivity index (χ1v) is 9.69. The molecule has 142 valence electrons. The third-order valence-corrected chi connectivity index (χ3v) is 4.01. The molecule has 0 saturated heterocycles. The third kappa shape index (κ3) is 14.4. The van der Waals surface area contributed by atoms with E-state index in [0.717, 1.165) is 51.4 Å². The second kappa shape index (κ2) is 15.9. The van der Waals surface area contributed by atoms with Crippen molar-refractivity contribution < 1.29 is 9.90 Å². The molecule has 0 aromatic carbocycles. The van der Waals surface area contributed by atoms with E-state index in [1.54, 1.807) is 6.08 Å². The Morgan fingerprint density at radius 3 is 2.16 bits per heavy atom. The maximum atomic E-state index is 11.9. The summed E-state index contributed by atoms with van der Waals surface area (Å²) in [4.78, 5) is 11.9. The van der Waals surface area contributed by atoms with Crippen LogP contribution in [0.5, 0.6) is 0 Å². The Morgan fingerprint density at radius 2 is 1.56 bits per heavy atom. The minimum Gasteiger partial charge on any atom is -0.388 e. The van der Waals surface area contributed by atoms with Crippen LogP contribution in [0.1, 0.15) is 72.1 Å². The van der Waals surface area contributed by atoms with Crippen molar-refractivity contribution in [3.05, 3.63) is 48.6 Å². The molecule has 0 fully saturated rings. The van der Waals surface area contributed by atoms with E-state index in [1.165, 1.54) is 0 Å². The fourth-order valence-corrected chi connectivity index (χ4v) is 2.42. The summed E-state index contributed by atoms with van der Waals surface area (Å²) in [5.41, 5.74) is -0.766. The second-order valence-corrected chi connectivity index (χ2v) is 6.47. The molecule has 0 aliphatic carbocycles. The van der Waals surface area contributed by atoms with Crippen molar-refractivity contribution in [2.75, 3.05) is 6.54 Å². The summed E-state index contributed by atoms with van der Waals surface area (Å²) < 4.78 is 0. The number of hydrogen-bond donors (Lipinski definition) is 2. The van der Waals surface area contributed by atoms with Crippen molar-refractivity contribution in [1.82, 2.24) is 5.32 Å². The van der Waals surface area contributed by atoms with Crippen LogP contribution in [0.3, 0.4) is 0 Å². The monoisotopic (exact) mass is 347 g/mol. The minimum absolute atomic E-state index is 0.122. The van der Waals surface area contributed by atoms with E-state index in [2.05, 4.69) is 25.2 Å². The predicted molar refractivity (Wildman–Crippen MR) is 108 cm³/mol. The van der Waals surface area contributed by atoms with Crippen LogP contribution in [-0.2, 0) is 4.79 Å². The van der Waals surface area contributed by atoms with Gasteiger partial charge in [0.05, 0.1) is 5.60 Å². The van der Waals surface area contributed by atoms with E-state index in [-0.39, 0.29) is 5.91 Å². The molecule has 0 spiro atoms. The molecule has 2 N–H and O–H groups in total. The highest BCUT2D eigenvalue weighted by Gasteiger charge is 2.25. The first-order valence-electron chi connectivity index (χ1n) is 9.69. The number of aliphatic hydroxyl groups is 1. The van der Waals surface area contributed by atoms with Crippen molar-refractivity contribution in [2.24, 2.45) is 0 Å². The first-order chi connectivity index (χ1) is 12.1. The highest BCUT2D eigenvalue weighted by Crippen LogP contribution is 2.20. The number of unbranched alkanes of at least 4 members (excludes halogenated alkanes) is 3. The molecule has 0 unspecified atom stereocenters. The largest absolute Gasteiger partial charge is 0.388 e. The predicted octanol–water partition coefficient (Wildman–Crippen LogP) is 5.24. The lowest BCUT2D eigenvalue weighted by Crippen LogP contribution is -2.42. The van der Waals surface area contributed by atoms with Gasteiger partial charge in [-0.15, -0.1) is 0 Å². The van der Waals surface area contributed by atoms with Gasteiger partial charge in [0.2, 0.25) is 5.91 Å². The normalized spacial score (nSPS) is 13.0. The molecule has 0 aliphatic heterocycles. The molecule has 0 rings (SSSR count). The van der Waals surface area contributed by atoms with Crippen molar-refractivity contribution in [3.63, 3.8) is 0 Å². The molecule has 1 amide bonds. The van der Waals surface area contributed by atoms with Crippen LogP contribution < -0.4 is 5.32 Å². The number of carbonyl (C=O) groups is 1. The Bertz CT molecular complexity index is 439. The Hall–Kier alpha value is -1.61. The molecule has 3 heteroatoms. The lowest BCUT2D eigenvalue weighted by Gasteiger charge is -2.28. The van der Waals surface area contributed by atoms with Gasteiger partial charge >= 0.3 is 0 Å². The van der Waals surface area contributed by atoms with Gasteiger partial charge in [0.15, 0.2) is 0 Å². The summed E-state index contributed by atoms with van der Waals surface area (Å²) in [6.45, 7) is 6.56. The maximum Gasteiger partial charge on any atom is 0.243 e. The van der Waals surface area contributed by atoms with Gasteiger partial charge in [0, 0.05) is 6.54 Å². The van der Waals surface area contributed by atoms with Crippen LogP contribution in [0, 0.1) is 0 Å². The molecule has 0 aromatic heterocycles. The topological polar surface area (TPSA) is 49.3 Å². The molecular formula is C22H37NO2. The standard InChI is InChI=1S/C22H37NO2/c1-4-7-10-11-12-13-14-15-16-17-21(24)23-20-22(25,18-8-5-2)19-9-6-3/h4,7,10-13,16-17,25H,5-6,8-9,14-15,18-20H2,1-3H3,(H,23,24). The van der Waals surface area contributed by atoms with Gasteiger partial charge in [0.25, 0.3) is 0 Å². The van der Waals surface area contributed by atoms with Gasteiger partial charge in [-0.1, -0.05) is 82.1 Å². The lowest BCUT2D eigenvalue weighted by atomic mass is 9.91. The third-order valence-electron chi connectivity index (χ3n) is 4.01. The van der Waals surface area contributed by atoms with E-state index in [0.29, 0.717) is 6.54 Å². The Kier molecular flexibility index (Phi) is 14.9. The van der Waals surface area contributed by atoms with E-state index < -0.39 is 5.60 Å². The zero-order valence-corrected chi connectivity index (χ0v) is 16.3.